The number of aliphatic hydroxyl groups excluding tert-OH is 1. The van der Waals surface area contributed by atoms with Gasteiger partial charge in [-0.1, -0.05) is 24.3 Å². The van der Waals surface area contributed by atoms with Crippen molar-refractivity contribution < 1.29 is 14.7 Å². The summed E-state index contributed by atoms with van der Waals surface area (Å²) in [6, 6.07) is 13.8. The number of hydrogen-bond donors (Lipinski definition) is 1. The molecule has 1 saturated heterocycles. The minimum atomic E-state index is -0.515. The molecule has 1 aliphatic rings. The number of rotatable bonds is 6. The van der Waals surface area contributed by atoms with Crippen molar-refractivity contribution in [1.82, 2.24) is 9.88 Å². The average molecular weight is 377 g/mol. The first-order chi connectivity index (χ1) is 13.7. The van der Waals surface area contributed by atoms with E-state index >= 15 is 0 Å². The van der Waals surface area contributed by atoms with Gasteiger partial charge >= 0.3 is 0 Å². The minimum absolute atomic E-state index is 0.00905. The Hall–Kier alpha value is -3.25. The number of aromatic nitrogens is 1. The maximum absolute atomic E-state index is 12.4. The van der Waals surface area contributed by atoms with Gasteiger partial charge in [0.2, 0.25) is 5.91 Å². The number of aliphatic hydroxyl groups is 1. The van der Waals surface area contributed by atoms with E-state index in [4.69, 9.17) is 5.11 Å². The molecular weight excluding hydrogens is 354 g/mol. The van der Waals surface area contributed by atoms with E-state index in [1.54, 1.807) is 30.5 Å². The molecule has 144 valence electrons. The standard InChI is InChI=1S/C22H23N3O3/c26-17-21(27)10-9-19-8-6-18(16-23-19)7-11-22(28)25-14-12-24(13-15-25)20-4-2-1-3-5-20/h1-11,16,26H,12-15,17H2/b10-9+,11-7+. The Labute approximate surface area is 164 Å². The lowest BCUT2D eigenvalue weighted by Crippen LogP contribution is -2.48. The number of para-hydroxylation sites is 1. The SMILES string of the molecule is O=C(/C=C/c1ccc(/C=C/C(=O)N2CCN(c3ccccc3)CC2)cn1)CO. The van der Waals surface area contributed by atoms with Crippen LogP contribution in [0, 0.1) is 0 Å². The van der Waals surface area contributed by atoms with Crippen molar-refractivity contribution >= 4 is 29.5 Å². The van der Waals surface area contributed by atoms with Crippen LogP contribution in [0.25, 0.3) is 12.2 Å². The van der Waals surface area contributed by atoms with Gasteiger partial charge in [0.1, 0.15) is 6.61 Å². The summed E-state index contributed by atoms with van der Waals surface area (Å²) < 4.78 is 0. The highest BCUT2D eigenvalue weighted by Crippen LogP contribution is 2.15. The topological polar surface area (TPSA) is 73.7 Å². The number of ketones is 1. The molecule has 0 unspecified atom stereocenters. The molecule has 0 radical (unpaired) electrons. The van der Waals surface area contributed by atoms with Gasteiger partial charge in [0.15, 0.2) is 5.78 Å². The van der Waals surface area contributed by atoms with Gasteiger partial charge in [-0.25, -0.2) is 0 Å². The summed E-state index contributed by atoms with van der Waals surface area (Å²) in [5.41, 5.74) is 2.61. The van der Waals surface area contributed by atoms with E-state index in [1.807, 2.05) is 29.2 Å². The molecule has 0 saturated carbocycles. The van der Waals surface area contributed by atoms with Gasteiger partial charge in [-0.2, -0.15) is 0 Å². The Kier molecular flexibility index (Phi) is 6.70. The van der Waals surface area contributed by atoms with Gasteiger partial charge in [-0.3, -0.25) is 14.6 Å². The van der Waals surface area contributed by atoms with Crippen LogP contribution in [-0.4, -0.2) is 59.5 Å². The predicted octanol–water partition coefficient (Wildman–Crippen LogP) is 2.02. The maximum atomic E-state index is 12.4. The molecule has 3 rings (SSSR count). The van der Waals surface area contributed by atoms with Crippen molar-refractivity contribution in [2.24, 2.45) is 0 Å². The van der Waals surface area contributed by atoms with E-state index < -0.39 is 6.61 Å². The Bertz CT molecular complexity index is 852. The maximum Gasteiger partial charge on any atom is 0.246 e. The fourth-order valence-electron chi connectivity index (χ4n) is 2.94. The third-order valence-corrected chi connectivity index (χ3v) is 4.54. The van der Waals surface area contributed by atoms with Crippen LogP contribution < -0.4 is 4.90 Å². The molecule has 2 heterocycles. The first kappa shape index (κ1) is 19.5. The molecule has 1 aromatic carbocycles. The van der Waals surface area contributed by atoms with Crippen molar-refractivity contribution in [3.8, 4) is 0 Å². The van der Waals surface area contributed by atoms with Crippen molar-refractivity contribution in [2.75, 3.05) is 37.7 Å². The lowest BCUT2D eigenvalue weighted by Gasteiger charge is -2.35. The summed E-state index contributed by atoms with van der Waals surface area (Å²) in [7, 11) is 0. The minimum Gasteiger partial charge on any atom is -0.388 e. The molecule has 2 aromatic rings. The number of piperazine rings is 1. The molecule has 1 aromatic heterocycles. The van der Waals surface area contributed by atoms with Gasteiger partial charge in [0.25, 0.3) is 0 Å². The van der Waals surface area contributed by atoms with Gasteiger partial charge < -0.3 is 14.9 Å². The van der Waals surface area contributed by atoms with Crippen LogP contribution in [0.2, 0.25) is 0 Å². The van der Waals surface area contributed by atoms with Crippen molar-refractivity contribution in [1.29, 1.82) is 0 Å². The number of benzene rings is 1. The molecule has 0 aliphatic carbocycles. The normalized spacial score (nSPS) is 14.8. The smallest absolute Gasteiger partial charge is 0.246 e. The van der Waals surface area contributed by atoms with E-state index in [0.717, 1.165) is 18.7 Å². The van der Waals surface area contributed by atoms with Crippen LogP contribution >= 0.6 is 0 Å². The molecular formula is C22H23N3O3. The summed E-state index contributed by atoms with van der Waals surface area (Å²) in [5.74, 6) is -0.381. The third kappa shape index (κ3) is 5.37. The van der Waals surface area contributed by atoms with Gasteiger partial charge in [-0.15, -0.1) is 0 Å². The zero-order chi connectivity index (χ0) is 19.8. The van der Waals surface area contributed by atoms with E-state index in [2.05, 4.69) is 22.0 Å². The number of carbonyl (C=O) groups is 2. The van der Waals surface area contributed by atoms with Crippen LogP contribution in [0.3, 0.4) is 0 Å². The molecule has 1 N–H and O–H groups in total. The first-order valence-corrected chi connectivity index (χ1v) is 9.20. The number of anilines is 1. The molecule has 1 amide bonds. The van der Waals surface area contributed by atoms with E-state index in [0.29, 0.717) is 18.8 Å². The van der Waals surface area contributed by atoms with Crippen LogP contribution in [-0.2, 0) is 9.59 Å². The fourth-order valence-corrected chi connectivity index (χ4v) is 2.94. The first-order valence-electron chi connectivity index (χ1n) is 9.20. The highest BCUT2D eigenvalue weighted by atomic mass is 16.3. The van der Waals surface area contributed by atoms with Gasteiger partial charge in [0, 0.05) is 44.1 Å². The zero-order valence-corrected chi connectivity index (χ0v) is 15.6. The van der Waals surface area contributed by atoms with Crippen LogP contribution in [0.1, 0.15) is 11.3 Å². The molecule has 1 aliphatic heterocycles. The average Bonchev–Trinajstić information content (AvgIpc) is 2.77. The van der Waals surface area contributed by atoms with Crippen molar-refractivity contribution in [3.05, 3.63) is 72.1 Å². The lowest BCUT2D eigenvalue weighted by atomic mass is 10.2. The predicted molar refractivity (Wildman–Crippen MR) is 110 cm³/mol. The molecule has 0 bridgehead atoms. The summed E-state index contributed by atoms with van der Waals surface area (Å²) in [5, 5.41) is 8.69. The molecule has 6 heteroatoms. The highest BCUT2D eigenvalue weighted by molar-refractivity contribution is 5.94. The molecule has 0 atom stereocenters. The second-order valence-corrected chi connectivity index (χ2v) is 6.46. The quantitative estimate of drug-likeness (QED) is 0.780. The second-order valence-electron chi connectivity index (χ2n) is 6.46. The third-order valence-electron chi connectivity index (χ3n) is 4.54. The molecule has 0 spiro atoms. The molecule has 1 fully saturated rings. The van der Waals surface area contributed by atoms with Gasteiger partial charge in [0.05, 0.1) is 5.69 Å². The zero-order valence-electron chi connectivity index (χ0n) is 15.6. The van der Waals surface area contributed by atoms with Crippen molar-refractivity contribution in [2.45, 2.75) is 0 Å². The van der Waals surface area contributed by atoms with E-state index in [1.165, 1.54) is 11.8 Å². The Balaban J connectivity index is 1.51. The van der Waals surface area contributed by atoms with Crippen LogP contribution in [0.15, 0.2) is 60.8 Å². The van der Waals surface area contributed by atoms with Gasteiger partial charge in [-0.05, 0) is 42.0 Å². The number of amides is 1. The van der Waals surface area contributed by atoms with Crippen LogP contribution in [0.5, 0.6) is 0 Å². The van der Waals surface area contributed by atoms with E-state index in [-0.39, 0.29) is 11.7 Å². The largest absolute Gasteiger partial charge is 0.388 e. The Morgan fingerprint density at radius 1 is 0.964 bits per heavy atom. The summed E-state index contributed by atoms with van der Waals surface area (Å²) in [6.45, 7) is 2.51. The highest BCUT2D eigenvalue weighted by Gasteiger charge is 2.19. The molecule has 6 nitrogen and oxygen atoms in total. The lowest BCUT2D eigenvalue weighted by molar-refractivity contribution is -0.126. The van der Waals surface area contributed by atoms with Crippen LogP contribution in [0.4, 0.5) is 5.69 Å². The Morgan fingerprint density at radius 2 is 1.71 bits per heavy atom. The number of carbonyl (C=O) groups excluding carboxylic acids is 2. The van der Waals surface area contributed by atoms with E-state index in [9.17, 15) is 9.59 Å². The molecule has 28 heavy (non-hydrogen) atoms. The summed E-state index contributed by atoms with van der Waals surface area (Å²) >= 11 is 0. The number of pyridine rings is 1. The second kappa shape index (κ2) is 9.62. The summed E-state index contributed by atoms with van der Waals surface area (Å²) in [4.78, 5) is 31.8. The monoisotopic (exact) mass is 377 g/mol. The summed E-state index contributed by atoms with van der Waals surface area (Å²) in [6.07, 6.45) is 7.78. The van der Waals surface area contributed by atoms with Crippen molar-refractivity contribution in [3.63, 3.8) is 0 Å². The number of hydrogen-bond acceptors (Lipinski definition) is 5. The Morgan fingerprint density at radius 3 is 2.36 bits per heavy atom. The number of nitrogens with zero attached hydrogens (tertiary/aromatic N) is 3. The fraction of sp³-hybridized carbons (Fsp3) is 0.227.